The Morgan fingerprint density at radius 1 is 1.42 bits per heavy atom. The summed E-state index contributed by atoms with van der Waals surface area (Å²) in [6.07, 6.45) is 6.33. The first-order valence-electron chi connectivity index (χ1n) is 4.20. The van der Waals surface area contributed by atoms with Gasteiger partial charge < -0.3 is 4.84 Å². The maximum Gasteiger partial charge on any atom is 0.328 e. The van der Waals surface area contributed by atoms with E-state index >= 15 is 0 Å². The van der Waals surface area contributed by atoms with E-state index in [1.807, 2.05) is 12.2 Å². The van der Waals surface area contributed by atoms with Crippen LogP contribution in [0.15, 0.2) is 12.2 Å². The average molecular weight is 171 g/mol. The minimum Gasteiger partial charge on any atom is -0.368 e. The third-order valence-corrected chi connectivity index (χ3v) is 1.19. The van der Waals surface area contributed by atoms with Gasteiger partial charge in [0.25, 0.3) is 0 Å². The van der Waals surface area contributed by atoms with E-state index < -0.39 is 0 Å². The number of unbranched alkanes of at least 4 members (excludes halogenated alkanes) is 1. The molecule has 0 saturated carbocycles. The van der Waals surface area contributed by atoms with Crippen molar-refractivity contribution < 1.29 is 9.63 Å². The van der Waals surface area contributed by atoms with Crippen LogP contribution in [0.4, 0.5) is 0 Å². The molecule has 3 nitrogen and oxygen atoms in total. The summed E-state index contributed by atoms with van der Waals surface area (Å²) in [7, 11) is 3.38. The van der Waals surface area contributed by atoms with E-state index in [0.717, 1.165) is 12.8 Å². The molecule has 0 spiro atoms. The Kier molecular flexibility index (Phi) is 6.38. The van der Waals surface area contributed by atoms with Crippen LogP contribution < -0.4 is 0 Å². The van der Waals surface area contributed by atoms with E-state index in [0.29, 0.717) is 6.42 Å². The molecule has 0 radical (unpaired) electrons. The molecule has 0 saturated heterocycles. The maximum atomic E-state index is 10.9. The summed E-state index contributed by atoms with van der Waals surface area (Å²) in [5.74, 6) is -0.215. The zero-order chi connectivity index (χ0) is 9.40. The predicted molar refractivity (Wildman–Crippen MR) is 48.4 cm³/mol. The second-order valence-corrected chi connectivity index (χ2v) is 2.74. The Balaban J connectivity index is 3.43. The van der Waals surface area contributed by atoms with Gasteiger partial charge in [0.15, 0.2) is 0 Å². The van der Waals surface area contributed by atoms with E-state index in [2.05, 4.69) is 6.92 Å². The number of carbonyl (C=O) groups is 1. The van der Waals surface area contributed by atoms with Crippen molar-refractivity contribution >= 4 is 5.97 Å². The molecule has 0 atom stereocenters. The molecule has 0 unspecified atom stereocenters. The molecule has 0 aliphatic heterocycles. The van der Waals surface area contributed by atoms with Gasteiger partial charge in [-0.05, 0) is 6.42 Å². The minimum absolute atomic E-state index is 0.215. The number of hydroxylamine groups is 2. The molecular formula is C9H17NO2. The molecule has 0 bridgehead atoms. The molecule has 0 aliphatic carbocycles. The molecule has 0 aromatic heterocycles. The first kappa shape index (κ1) is 11.2. The van der Waals surface area contributed by atoms with Gasteiger partial charge in [-0.3, -0.25) is 4.79 Å². The second kappa shape index (κ2) is 6.85. The highest BCUT2D eigenvalue weighted by atomic mass is 16.7. The molecule has 0 heterocycles. The Morgan fingerprint density at radius 2 is 2.08 bits per heavy atom. The monoisotopic (exact) mass is 171 g/mol. The van der Waals surface area contributed by atoms with Crippen LogP contribution in [-0.2, 0) is 9.63 Å². The summed E-state index contributed by atoms with van der Waals surface area (Å²) in [5.41, 5.74) is 0. The lowest BCUT2D eigenvalue weighted by molar-refractivity contribution is -0.177. The maximum absolute atomic E-state index is 10.9. The molecule has 70 valence electrons. The number of hydrogen-bond acceptors (Lipinski definition) is 3. The highest BCUT2D eigenvalue weighted by Gasteiger charge is 1.99. The number of carbonyl (C=O) groups excluding carboxylic acids is 1. The highest BCUT2D eigenvalue weighted by molar-refractivity contribution is 5.70. The lowest BCUT2D eigenvalue weighted by Gasteiger charge is -2.07. The molecule has 0 amide bonds. The van der Waals surface area contributed by atoms with Crippen LogP contribution in [0.5, 0.6) is 0 Å². The van der Waals surface area contributed by atoms with Crippen LogP contribution in [0.2, 0.25) is 0 Å². The van der Waals surface area contributed by atoms with E-state index in [9.17, 15) is 4.79 Å². The van der Waals surface area contributed by atoms with Crippen molar-refractivity contribution in [1.82, 2.24) is 5.06 Å². The van der Waals surface area contributed by atoms with Crippen LogP contribution in [0.25, 0.3) is 0 Å². The summed E-state index contributed by atoms with van der Waals surface area (Å²) >= 11 is 0. The Morgan fingerprint density at radius 3 is 2.58 bits per heavy atom. The molecule has 12 heavy (non-hydrogen) atoms. The summed E-state index contributed by atoms with van der Waals surface area (Å²) in [6, 6.07) is 0. The first-order chi connectivity index (χ1) is 5.66. The van der Waals surface area contributed by atoms with Crippen LogP contribution >= 0.6 is 0 Å². The van der Waals surface area contributed by atoms with Crippen LogP contribution in [0, 0.1) is 0 Å². The van der Waals surface area contributed by atoms with Gasteiger partial charge in [-0.1, -0.05) is 25.5 Å². The second-order valence-electron chi connectivity index (χ2n) is 2.74. The Labute approximate surface area is 74.0 Å². The Bertz CT molecular complexity index is 153. The average Bonchev–Trinajstić information content (AvgIpc) is 1.97. The summed E-state index contributed by atoms with van der Waals surface area (Å²) in [4.78, 5) is 15.7. The van der Waals surface area contributed by atoms with Crippen LogP contribution in [0.3, 0.4) is 0 Å². The molecule has 0 fully saturated rings. The van der Waals surface area contributed by atoms with Crippen molar-refractivity contribution in [3.63, 3.8) is 0 Å². The fraction of sp³-hybridized carbons (Fsp3) is 0.667. The third kappa shape index (κ3) is 7.28. The zero-order valence-corrected chi connectivity index (χ0v) is 8.04. The van der Waals surface area contributed by atoms with Gasteiger partial charge in [-0.25, -0.2) is 0 Å². The number of allylic oxidation sites excluding steroid dienone is 1. The lowest BCUT2D eigenvalue weighted by Crippen LogP contribution is -2.17. The van der Waals surface area contributed by atoms with Crippen molar-refractivity contribution in [2.45, 2.75) is 26.2 Å². The zero-order valence-electron chi connectivity index (χ0n) is 8.04. The van der Waals surface area contributed by atoms with E-state index in [4.69, 9.17) is 4.84 Å². The fourth-order valence-electron chi connectivity index (χ4n) is 0.705. The molecule has 0 aromatic rings. The van der Waals surface area contributed by atoms with Gasteiger partial charge >= 0.3 is 5.97 Å². The quantitative estimate of drug-likeness (QED) is 0.466. The first-order valence-corrected chi connectivity index (χ1v) is 4.20. The summed E-state index contributed by atoms with van der Waals surface area (Å²) < 4.78 is 0. The minimum atomic E-state index is -0.215. The van der Waals surface area contributed by atoms with Gasteiger partial charge in [0, 0.05) is 14.1 Å². The predicted octanol–water partition coefficient (Wildman–Crippen LogP) is 1.75. The van der Waals surface area contributed by atoms with E-state index in [1.54, 1.807) is 14.1 Å². The number of hydrogen-bond donors (Lipinski definition) is 0. The normalized spacial score (nSPS) is 11.0. The summed E-state index contributed by atoms with van der Waals surface area (Å²) in [5, 5.41) is 1.40. The van der Waals surface area contributed by atoms with Crippen molar-refractivity contribution in [1.29, 1.82) is 0 Å². The van der Waals surface area contributed by atoms with Gasteiger partial charge in [-0.15, -0.1) is 5.06 Å². The number of nitrogens with zero attached hydrogens (tertiary/aromatic N) is 1. The molecule has 0 aromatic carbocycles. The fourth-order valence-corrected chi connectivity index (χ4v) is 0.705. The molecule has 0 N–H and O–H groups in total. The van der Waals surface area contributed by atoms with Crippen molar-refractivity contribution in [2.24, 2.45) is 0 Å². The van der Waals surface area contributed by atoms with Crippen LogP contribution in [0.1, 0.15) is 26.2 Å². The third-order valence-electron chi connectivity index (χ3n) is 1.19. The smallest absolute Gasteiger partial charge is 0.328 e. The highest BCUT2D eigenvalue weighted by Crippen LogP contribution is 1.93. The summed E-state index contributed by atoms with van der Waals surface area (Å²) in [6.45, 7) is 2.10. The SMILES string of the molecule is CCC/C=C\CC(=O)ON(C)C. The van der Waals surface area contributed by atoms with Gasteiger partial charge in [0.1, 0.15) is 0 Å². The van der Waals surface area contributed by atoms with E-state index in [1.165, 1.54) is 5.06 Å². The van der Waals surface area contributed by atoms with Crippen molar-refractivity contribution in [3.05, 3.63) is 12.2 Å². The standard InChI is InChI=1S/C9H17NO2/c1-4-5-6-7-8-9(11)12-10(2)3/h6-7H,4-5,8H2,1-3H3/b7-6-. The van der Waals surface area contributed by atoms with Gasteiger partial charge in [0.05, 0.1) is 6.42 Å². The largest absolute Gasteiger partial charge is 0.368 e. The Hall–Kier alpha value is -0.830. The molecule has 0 rings (SSSR count). The lowest BCUT2D eigenvalue weighted by atomic mass is 10.3. The van der Waals surface area contributed by atoms with Crippen LogP contribution in [-0.4, -0.2) is 25.1 Å². The molecule has 3 heteroatoms. The van der Waals surface area contributed by atoms with Gasteiger partial charge in [-0.2, -0.15) is 0 Å². The topological polar surface area (TPSA) is 29.5 Å². The van der Waals surface area contributed by atoms with Gasteiger partial charge in [0.2, 0.25) is 0 Å². The van der Waals surface area contributed by atoms with Crippen molar-refractivity contribution in [2.75, 3.05) is 14.1 Å². The van der Waals surface area contributed by atoms with Crippen molar-refractivity contribution in [3.8, 4) is 0 Å². The van der Waals surface area contributed by atoms with E-state index in [-0.39, 0.29) is 5.97 Å². The molecular weight excluding hydrogens is 154 g/mol. The molecule has 0 aliphatic rings. The number of rotatable bonds is 5.